The molecule has 2 N–H and O–H groups in total. The number of nitrogens with two attached hydrogens (primary N) is 1. The van der Waals surface area contributed by atoms with Crippen molar-refractivity contribution in [3.05, 3.63) is 110 Å². The summed E-state index contributed by atoms with van der Waals surface area (Å²) in [5.41, 5.74) is 12.4. The Morgan fingerprint density at radius 2 is 1.83 bits per heavy atom. The van der Waals surface area contributed by atoms with Crippen LogP contribution in [0.15, 0.2) is 53.6 Å². The van der Waals surface area contributed by atoms with Gasteiger partial charge < -0.3 is 34.6 Å². The number of allylic oxidation sites excluding steroid dienone is 1. The molecule has 0 radical (unpaired) electrons. The number of esters is 1. The number of piperazine rings is 1. The lowest BCUT2D eigenvalue weighted by Gasteiger charge is -2.39. The van der Waals surface area contributed by atoms with Gasteiger partial charge in [-0.2, -0.15) is 20.5 Å². The normalized spacial score (nSPS) is 20.3. The Kier molecular flexibility index (Phi) is 16.6. The van der Waals surface area contributed by atoms with Crippen LogP contribution in [-0.2, 0) is 36.8 Å². The Morgan fingerprint density at radius 1 is 1.06 bits per heavy atom. The van der Waals surface area contributed by atoms with Crippen molar-refractivity contribution in [2.75, 3.05) is 84.3 Å². The Labute approximate surface area is 503 Å². The monoisotopic (exact) mass is 1210 g/mol. The van der Waals surface area contributed by atoms with E-state index in [-0.39, 0.29) is 90.5 Å². The Balaban J connectivity index is 0.000000180. The summed E-state index contributed by atoms with van der Waals surface area (Å²) in [6.07, 6.45) is 8.63. The van der Waals surface area contributed by atoms with Crippen LogP contribution in [0.25, 0.3) is 48.7 Å². The third-order valence-electron chi connectivity index (χ3n) is 18.1. The van der Waals surface area contributed by atoms with Gasteiger partial charge in [-0.1, -0.05) is 31.2 Å². The number of aryl methyl sites for hydroxylation is 1. The molecular formula is C63H63ClF3N11O7S. The van der Waals surface area contributed by atoms with Crippen molar-refractivity contribution < 1.29 is 46.6 Å². The molecule has 3 aromatic heterocycles. The fourth-order valence-electron chi connectivity index (χ4n) is 13.5. The number of cyclic esters (lactones) is 1. The fourth-order valence-corrected chi connectivity index (χ4v) is 14.7. The number of carbonyl (C=O) groups is 4. The van der Waals surface area contributed by atoms with E-state index in [1.165, 1.54) is 23.1 Å². The number of benzene rings is 3. The quantitative estimate of drug-likeness (QED) is 0.0645. The lowest BCUT2D eigenvalue weighted by molar-refractivity contribution is -0.147. The number of pyridine rings is 1. The van der Waals surface area contributed by atoms with Gasteiger partial charge in [-0.05, 0) is 118 Å². The van der Waals surface area contributed by atoms with E-state index in [4.69, 9.17) is 41.5 Å². The van der Waals surface area contributed by atoms with Crippen LogP contribution in [0.1, 0.15) is 91.4 Å². The Bertz CT molecular complexity index is 4000. The van der Waals surface area contributed by atoms with Crippen molar-refractivity contribution in [3.63, 3.8) is 0 Å². The van der Waals surface area contributed by atoms with Crippen LogP contribution in [0.4, 0.5) is 28.8 Å². The highest BCUT2D eigenvalue weighted by molar-refractivity contribution is 7.23. The molecule has 3 fully saturated rings. The highest BCUT2D eigenvalue weighted by atomic mass is 35.5. The van der Waals surface area contributed by atoms with E-state index in [0.29, 0.717) is 110 Å². The smallest absolute Gasteiger partial charge is 0.410 e. The number of amides is 1. The van der Waals surface area contributed by atoms with E-state index in [1.807, 2.05) is 43.0 Å². The first-order valence-electron chi connectivity index (χ1n) is 28.6. The minimum Gasteiger partial charge on any atom is -0.461 e. The maximum absolute atomic E-state index is 16.9. The highest BCUT2D eigenvalue weighted by Crippen LogP contribution is 2.49. The van der Waals surface area contributed by atoms with Crippen LogP contribution < -0.4 is 15.4 Å². The van der Waals surface area contributed by atoms with Gasteiger partial charge in [0, 0.05) is 90.8 Å². The van der Waals surface area contributed by atoms with Gasteiger partial charge in [0.05, 0.1) is 62.2 Å². The number of anilines is 2. The first-order valence-corrected chi connectivity index (χ1v) is 29.8. The highest BCUT2D eigenvalue weighted by Gasteiger charge is 2.45. The predicted molar refractivity (Wildman–Crippen MR) is 321 cm³/mol. The second kappa shape index (κ2) is 24.0. The van der Waals surface area contributed by atoms with Crippen molar-refractivity contribution in [1.29, 1.82) is 10.5 Å². The first-order chi connectivity index (χ1) is 41.3. The molecular weight excluding hydrogens is 1150 g/mol. The third-order valence-corrected chi connectivity index (χ3v) is 19.4. The number of ether oxygens (including phenoxy) is 3. The van der Waals surface area contributed by atoms with Crippen LogP contribution >= 0.6 is 22.9 Å². The summed E-state index contributed by atoms with van der Waals surface area (Å²) in [4.78, 5) is 72.9. The molecule has 0 bridgehead atoms. The SMILES string of the molecule is C=C(C=O)COC(=O)N(C)C1CCc2c(C)c(F)cc3nc4c(c1c23)CN(C)/C4=C\C1=C(C=O)COC(=O)C1CC.CN1CCN(c2nc(OCC34CCCN3CCC4)nc3c(F)c(-c4ccc(F)c5sc(N)c(C#N)c45)c(Cl)cc23)C[C@@H]1CC#N. The second-order valence-electron chi connectivity index (χ2n) is 22.9. The maximum atomic E-state index is 16.9. The predicted octanol–water partition coefficient (Wildman–Crippen LogP) is 10.3. The number of nitrogen functional groups attached to an aromatic ring is 1. The van der Waals surface area contributed by atoms with E-state index in [0.717, 1.165) is 78.5 Å². The topological polar surface area (TPSA) is 224 Å². The summed E-state index contributed by atoms with van der Waals surface area (Å²) >= 11 is 7.78. The van der Waals surface area contributed by atoms with Crippen molar-refractivity contribution >= 4 is 96.0 Å². The third kappa shape index (κ3) is 10.4. The molecule has 1 amide bonds. The van der Waals surface area contributed by atoms with Crippen LogP contribution in [0, 0.1) is 53.0 Å². The second-order valence-corrected chi connectivity index (χ2v) is 24.4. The number of aromatic nitrogens is 3. The number of hydrogen-bond acceptors (Lipinski definition) is 18. The number of hydrogen-bond donors (Lipinski definition) is 1. The molecule has 18 nitrogen and oxygen atoms in total. The number of halogens is 4. The minimum absolute atomic E-state index is 0.00356. The number of fused-ring (bicyclic) bond motifs is 5. The number of nitrogens with zero attached hydrogens (tertiary/aromatic N) is 10. The summed E-state index contributed by atoms with van der Waals surface area (Å²) in [7, 11) is 5.52. The number of aldehydes is 2. The van der Waals surface area contributed by atoms with Crippen molar-refractivity contribution in [3.8, 4) is 29.3 Å². The minimum atomic E-state index is -0.725. The summed E-state index contributed by atoms with van der Waals surface area (Å²) in [5.74, 6) is -2.13. The lowest BCUT2D eigenvalue weighted by Crippen LogP contribution is -2.51. The van der Waals surface area contributed by atoms with Crippen molar-refractivity contribution in [2.45, 2.75) is 89.4 Å². The van der Waals surface area contributed by atoms with Gasteiger partial charge in [0.15, 0.2) is 5.82 Å². The largest absolute Gasteiger partial charge is 0.461 e. The van der Waals surface area contributed by atoms with Gasteiger partial charge in [0.2, 0.25) is 0 Å². The van der Waals surface area contributed by atoms with Crippen LogP contribution in [0.3, 0.4) is 0 Å². The van der Waals surface area contributed by atoms with E-state index < -0.39 is 29.7 Å². The molecule has 6 aromatic rings. The summed E-state index contributed by atoms with van der Waals surface area (Å²) in [6.45, 7) is 11.6. The number of nitriles is 2. The molecule has 3 saturated heterocycles. The summed E-state index contributed by atoms with van der Waals surface area (Å²) in [5, 5.41) is 20.9. The molecule has 0 spiro atoms. The first kappa shape index (κ1) is 59.6. The zero-order valence-corrected chi connectivity index (χ0v) is 49.9. The number of carbonyl (C=O) groups excluding carboxylic acids is 4. The lowest BCUT2D eigenvalue weighted by atomic mass is 9.81. The summed E-state index contributed by atoms with van der Waals surface area (Å²) < 4.78 is 63.9. The van der Waals surface area contributed by atoms with Crippen molar-refractivity contribution in [2.24, 2.45) is 5.92 Å². The van der Waals surface area contributed by atoms with Gasteiger partial charge in [-0.3, -0.25) is 24.2 Å². The number of rotatable bonds is 13. The maximum Gasteiger partial charge on any atom is 0.410 e. The molecule has 12 rings (SSSR count). The number of thiophene rings is 1. The Hall–Kier alpha value is -8.15. The number of likely N-dealkylation sites (N-methyl/N-ethyl adjacent to an activating group) is 1. The fraction of sp³-hybridized carbons (Fsp3) is 0.413. The van der Waals surface area contributed by atoms with Gasteiger partial charge >= 0.3 is 18.1 Å². The standard InChI is InChI=1S/C32H31ClF2N8OS.C31H32FN3O6/c1-41-12-13-42(16-18(41)6-9-36)30-20-14-22(33)25(19-4-5-23(34)28-24(19)21(15-37)29(38)45-28)26(35)27(20)39-31(40-30)44-17-32-7-2-10-43(32)11-3-8-32;1-6-19-21(18(13-37)15-40-30(19)38)9-26-29-22(11-34(26)4)28-25(35(5)31(39)41-14-16(2)12-36)8-7-20-17(3)23(32)10-24(33-29)27(20)28/h4-5,14,18H,2-3,6-8,10-13,16-17,38H2,1H3;9-10,12-13,19,25H,2,6-8,11,14-15H2,1,3-5H3/b;26-9-/t18-;/m0./s1. The molecule has 1 aliphatic carbocycles. The molecule has 23 heteroatoms. The molecule has 3 aromatic carbocycles. The average molecular weight is 1210 g/mol. The van der Waals surface area contributed by atoms with Crippen LogP contribution in [0.2, 0.25) is 5.02 Å². The van der Waals surface area contributed by atoms with E-state index in [9.17, 15) is 34.1 Å². The molecule has 3 atom stereocenters. The van der Waals surface area contributed by atoms with E-state index in [1.54, 1.807) is 20.0 Å². The molecule has 5 aliphatic heterocycles. The van der Waals surface area contributed by atoms with Crippen LogP contribution in [-0.4, -0.2) is 144 Å². The molecule has 446 valence electrons. The zero-order valence-electron chi connectivity index (χ0n) is 48.3. The van der Waals surface area contributed by atoms with E-state index >= 15 is 8.78 Å². The van der Waals surface area contributed by atoms with Crippen molar-refractivity contribution in [1.82, 2.24) is 34.6 Å². The van der Waals surface area contributed by atoms with Gasteiger partial charge in [-0.15, -0.1) is 11.3 Å². The van der Waals surface area contributed by atoms with Gasteiger partial charge in [-0.25, -0.2) is 22.9 Å². The molecule has 0 saturated carbocycles. The van der Waals surface area contributed by atoms with E-state index in [2.05, 4.69) is 27.4 Å². The van der Waals surface area contributed by atoms with Gasteiger partial charge in [0.1, 0.15) is 66.4 Å². The molecule has 8 heterocycles. The Morgan fingerprint density at radius 3 is 2.53 bits per heavy atom. The molecule has 86 heavy (non-hydrogen) atoms. The zero-order chi connectivity index (χ0) is 61.0. The van der Waals surface area contributed by atoms with Gasteiger partial charge in [0.25, 0.3) is 0 Å². The molecule has 2 unspecified atom stereocenters. The van der Waals surface area contributed by atoms with Crippen LogP contribution in [0.5, 0.6) is 6.01 Å². The summed E-state index contributed by atoms with van der Waals surface area (Å²) in [6, 6.07) is 9.63. The average Bonchev–Trinajstić information content (AvgIpc) is 1.31. The molecule has 6 aliphatic rings.